The van der Waals surface area contributed by atoms with Gasteiger partial charge in [0.25, 0.3) is 0 Å². The average molecular weight is 273 g/mol. The third-order valence-electron chi connectivity index (χ3n) is 5.21. The number of nitrogens with two attached hydrogens (primary N) is 1. The Labute approximate surface area is 122 Å². The van der Waals surface area contributed by atoms with Gasteiger partial charge in [-0.05, 0) is 55.6 Å². The zero-order chi connectivity index (χ0) is 14.1. The molecule has 1 fully saturated rings. The van der Waals surface area contributed by atoms with Crippen LogP contribution in [-0.2, 0) is 19.4 Å². The van der Waals surface area contributed by atoms with E-state index in [-0.39, 0.29) is 0 Å². The van der Waals surface area contributed by atoms with Crippen LogP contribution in [0.1, 0.15) is 49.9 Å². The molecule has 2 N–H and O–H groups in total. The van der Waals surface area contributed by atoms with E-state index >= 15 is 0 Å². The van der Waals surface area contributed by atoms with Gasteiger partial charge in [-0.15, -0.1) is 0 Å². The Kier molecular flexibility index (Phi) is 3.97. The Morgan fingerprint density at radius 3 is 2.80 bits per heavy atom. The van der Waals surface area contributed by atoms with Crippen molar-refractivity contribution in [3.8, 4) is 0 Å². The molecule has 0 aromatic carbocycles. The summed E-state index contributed by atoms with van der Waals surface area (Å²) < 4.78 is 0. The number of aromatic nitrogens is 1. The molecule has 1 aromatic rings. The van der Waals surface area contributed by atoms with Crippen LogP contribution < -0.4 is 10.6 Å². The van der Waals surface area contributed by atoms with Crippen LogP contribution in [0, 0.1) is 11.8 Å². The number of piperidine rings is 1. The molecule has 0 amide bonds. The summed E-state index contributed by atoms with van der Waals surface area (Å²) in [7, 11) is 0. The Hall–Kier alpha value is -1.09. The summed E-state index contributed by atoms with van der Waals surface area (Å²) in [4.78, 5) is 7.49. The van der Waals surface area contributed by atoms with Gasteiger partial charge in [-0.1, -0.05) is 13.8 Å². The Morgan fingerprint density at radius 1 is 1.25 bits per heavy atom. The lowest BCUT2D eigenvalue weighted by molar-refractivity contribution is 0.322. The highest BCUT2D eigenvalue weighted by atomic mass is 15.2. The Bertz CT molecular complexity index is 483. The summed E-state index contributed by atoms with van der Waals surface area (Å²) in [6.45, 7) is 7.59. The first-order valence-corrected chi connectivity index (χ1v) is 8.15. The van der Waals surface area contributed by atoms with Crippen molar-refractivity contribution < 1.29 is 0 Å². The summed E-state index contributed by atoms with van der Waals surface area (Å²) in [5.74, 6) is 2.74. The fraction of sp³-hybridized carbons (Fsp3) is 0.706. The molecular weight excluding hydrogens is 246 g/mol. The first-order valence-electron chi connectivity index (χ1n) is 8.15. The van der Waals surface area contributed by atoms with Gasteiger partial charge in [0.2, 0.25) is 0 Å². The van der Waals surface area contributed by atoms with Gasteiger partial charge in [-0.25, -0.2) is 4.98 Å². The van der Waals surface area contributed by atoms with Gasteiger partial charge in [0.05, 0.1) is 0 Å². The van der Waals surface area contributed by atoms with E-state index in [1.54, 1.807) is 0 Å². The molecule has 20 heavy (non-hydrogen) atoms. The van der Waals surface area contributed by atoms with Gasteiger partial charge in [-0.2, -0.15) is 0 Å². The maximum atomic E-state index is 5.99. The summed E-state index contributed by atoms with van der Waals surface area (Å²) in [6, 6.07) is 2.33. The number of anilines is 1. The number of aryl methyl sites for hydroxylation is 2. The lowest BCUT2D eigenvalue weighted by atomic mass is 9.88. The van der Waals surface area contributed by atoms with E-state index in [9.17, 15) is 0 Å². The largest absolute Gasteiger partial charge is 0.356 e. The summed E-state index contributed by atoms with van der Waals surface area (Å²) in [5, 5.41) is 0. The monoisotopic (exact) mass is 273 g/mol. The summed E-state index contributed by atoms with van der Waals surface area (Å²) >= 11 is 0. The zero-order valence-electron chi connectivity index (χ0n) is 12.9. The van der Waals surface area contributed by atoms with Crippen LogP contribution in [-0.4, -0.2) is 18.1 Å². The molecule has 1 saturated heterocycles. The predicted octanol–water partition coefficient (Wildman–Crippen LogP) is 2.90. The number of nitrogens with zero attached hydrogens (tertiary/aromatic N) is 2. The normalized spacial score (nSPS) is 26.4. The highest BCUT2D eigenvalue weighted by Gasteiger charge is 2.26. The van der Waals surface area contributed by atoms with Crippen molar-refractivity contribution in [3.63, 3.8) is 0 Å². The van der Waals surface area contributed by atoms with Crippen molar-refractivity contribution in [1.29, 1.82) is 0 Å². The molecule has 3 rings (SSSR count). The highest BCUT2D eigenvalue weighted by molar-refractivity contribution is 5.51. The molecule has 2 heterocycles. The lowest BCUT2D eigenvalue weighted by Crippen LogP contribution is -2.39. The molecular formula is C17H27N3. The number of pyridine rings is 1. The highest BCUT2D eigenvalue weighted by Crippen LogP contribution is 2.31. The minimum Gasteiger partial charge on any atom is -0.356 e. The second kappa shape index (κ2) is 5.72. The molecule has 0 saturated carbocycles. The molecule has 0 radical (unpaired) electrons. The third-order valence-corrected chi connectivity index (χ3v) is 5.21. The van der Waals surface area contributed by atoms with E-state index in [0.717, 1.165) is 31.3 Å². The van der Waals surface area contributed by atoms with Crippen LogP contribution in [0.4, 0.5) is 5.82 Å². The standard InChI is InChI=1S/C17H27N3/c1-12-7-8-20(11-13(12)2)17-15(10-18)9-14-5-3-4-6-16(14)19-17/h9,12-13H,3-8,10-11,18H2,1-2H3. The molecule has 3 heteroatoms. The van der Waals surface area contributed by atoms with Crippen LogP contribution in [0.2, 0.25) is 0 Å². The van der Waals surface area contributed by atoms with Gasteiger partial charge >= 0.3 is 0 Å². The molecule has 1 aliphatic carbocycles. The molecule has 1 aliphatic heterocycles. The number of hydrogen-bond donors (Lipinski definition) is 1. The maximum Gasteiger partial charge on any atom is 0.133 e. The van der Waals surface area contributed by atoms with Gasteiger partial charge in [-0.3, -0.25) is 0 Å². The minimum absolute atomic E-state index is 0.607. The average Bonchev–Trinajstić information content (AvgIpc) is 2.48. The molecule has 0 spiro atoms. The van der Waals surface area contributed by atoms with Crippen molar-refractivity contribution in [2.75, 3.05) is 18.0 Å². The molecule has 2 aliphatic rings. The van der Waals surface area contributed by atoms with Gasteiger partial charge in [0.1, 0.15) is 5.82 Å². The molecule has 2 atom stereocenters. The topological polar surface area (TPSA) is 42.2 Å². The van der Waals surface area contributed by atoms with Crippen LogP contribution in [0.25, 0.3) is 0 Å². The first-order chi connectivity index (χ1) is 9.69. The summed E-state index contributed by atoms with van der Waals surface area (Å²) in [6.07, 6.45) is 6.19. The van der Waals surface area contributed by atoms with Crippen LogP contribution >= 0.6 is 0 Å². The second-order valence-electron chi connectivity index (χ2n) is 6.68. The molecule has 2 unspecified atom stereocenters. The Morgan fingerprint density at radius 2 is 2.05 bits per heavy atom. The smallest absolute Gasteiger partial charge is 0.133 e. The van der Waals surface area contributed by atoms with Crippen LogP contribution in [0.5, 0.6) is 0 Å². The van der Waals surface area contributed by atoms with Gasteiger partial charge in [0, 0.05) is 30.9 Å². The van der Waals surface area contributed by atoms with Gasteiger partial charge < -0.3 is 10.6 Å². The Balaban J connectivity index is 1.91. The predicted molar refractivity (Wildman–Crippen MR) is 83.9 cm³/mol. The second-order valence-corrected chi connectivity index (χ2v) is 6.68. The molecule has 1 aromatic heterocycles. The fourth-order valence-corrected chi connectivity index (χ4v) is 3.55. The zero-order valence-corrected chi connectivity index (χ0v) is 12.9. The van der Waals surface area contributed by atoms with Crippen molar-refractivity contribution in [3.05, 3.63) is 22.9 Å². The van der Waals surface area contributed by atoms with Crippen molar-refractivity contribution in [2.45, 2.75) is 52.5 Å². The number of rotatable bonds is 2. The van der Waals surface area contributed by atoms with Crippen molar-refractivity contribution >= 4 is 5.82 Å². The van der Waals surface area contributed by atoms with Crippen molar-refractivity contribution in [2.24, 2.45) is 17.6 Å². The van der Waals surface area contributed by atoms with E-state index < -0.39 is 0 Å². The lowest BCUT2D eigenvalue weighted by Gasteiger charge is -2.37. The molecule has 110 valence electrons. The third kappa shape index (κ3) is 2.56. The van der Waals surface area contributed by atoms with Crippen LogP contribution in [0.3, 0.4) is 0 Å². The number of fused-ring (bicyclic) bond motifs is 1. The van der Waals surface area contributed by atoms with E-state index in [1.165, 1.54) is 48.3 Å². The maximum absolute atomic E-state index is 5.99. The molecule has 0 bridgehead atoms. The van der Waals surface area contributed by atoms with E-state index in [0.29, 0.717) is 6.54 Å². The van der Waals surface area contributed by atoms with E-state index in [2.05, 4.69) is 24.8 Å². The van der Waals surface area contributed by atoms with E-state index in [1.807, 2.05) is 0 Å². The fourth-order valence-electron chi connectivity index (χ4n) is 3.55. The van der Waals surface area contributed by atoms with Crippen molar-refractivity contribution in [1.82, 2.24) is 4.98 Å². The van der Waals surface area contributed by atoms with Gasteiger partial charge in [0.15, 0.2) is 0 Å². The quantitative estimate of drug-likeness (QED) is 0.901. The SMILES string of the molecule is CC1CCN(c2nc3c(cc2CN)CCCC3)CC1C. The summed E-state index contributed by atoms with van der Waals surface area (Å²) in [5.41, 5.74) is 10.0. The number of hydrogen-bond acceptors (Lipinski definition) is 3. The first kappa shape index (κ1) is 13.9. The minimum atomic E-state index is 0.607. The molecule has 3 nitrogen and oxygen atoms in total. The van der Waals surface area contributed by atoms with Crippen LogP contribution in [0.15, 0.2) is 6.07 Å². The van der Waals surface area contributed by atoms with E-state index in [4.69, 9.17) is 10.7 Å².